The van der Waals surface area contributed by atoms with Crippen molar-refractivity contribution in [2.45, 2.75) is 362 Å². The summed E-state index contributed by atoms with van der Waals surface area (Å²) in [5, 5.41) is 120. The van der Waals surface area contributed by atoms with Crippen molar-refractivity contribution in [1.29, 1.82) is 0 Å². The largest absolute Gasteiger partial charge is 0.394 e. The number of rotatable bonds is 52. The summed E-state index contributed by atoms with van der Waals surface area (Å²) in [5.74, 6) is -0.281. The average Bonchev–Trinajstić information content (AvgIpc) is 3.10. The van der Waals surface area contributed by atoms with E-state index in [-0.39, 0.29) is 18.9 Å². The molecule has 3 rings (SSSR count). The maximum absolute atomic E-state index is 13.4. The van der Waals surface area contributed by atoms with E-state index >= 15 is 0 Å². The van der Waals surface area contributed by atoms with Crippen molar-refractivity contribution in [2.75, 3.05) is 26.4 Å². The van der Waals surface area contributed by atoms with Crippen molar-refractivity contribution in [3.05, 3.63) is 24.3 Å². The number of ether oxygens (including phenoxy) is 6. The van der Waals surface area contributed by atoms with Crippen LogP contribution in [0.1, 0.15) is 258 Å². The molecule has 17 atom stereocenters. The number of carbonyl (C=O) groups is 1. The summed E-state index contributed by atoms with van der Waals surface area (Å²) in [7, 11) is 0. The first-order valence-corrected chi connectivity index (χ1v) is 34.1. The van der Waals surface area contributed by atoms with Gasteiger partial charge in [-0.1, -0.05) is 244 Å². The third-order valence-electron chi connectivity index (χ3n) is 17.3. The van der Waals surface area contributed by atoms with E-state index in [1.165, 1.54) is 186 Å². The fraction of sp³-hybridized carbons (Fsp3) is 0.924. The maximum atomic E-state index is 13.4. The van der Waals surface area contributed by atoms with Gasteiger partial charge in [-0.2, -0.15) is 0 Å². The predicted octanol–water partition coefficient (Wildman–Crippen LogP) is 8.27. The molecular formula is C66H123NO18. The summed E-state index contributed by atoms with van der Waals surface area (Å²) in [6, 6.07) is -0.986. The number of hydrogen-bond acceptors (Lipinski definition) is 18. The Kier molecular flexibility index (Phi) is 44.7. The van der Waals surface area contributed by atoms with Crippen molar-refractivity contribution in [3.63, 3.8) is 0 Å². The van der Waals surface area contributed by atoms with Crippen molar-refractivity contribution in [3.8, 4) is 0 Å². The number of unbranched alkanes of at least 4 members (excludes halogenated alkanes) is 34. The van der Waals surface area contributed by atoms with Gasteiger partial charge in [0.1, 0.15) is 73.2 Å². The first-order chi connectivity index (χ1) is 41.3. The van der Waals surface area contributed by atoms with E-state index in [1.54, 1.807) is 6.08 Å². The molecule has 0 aromatic carbocycles. The Hall–Kier alpha value is -1.73. The highest BCUT2D eigenvalue weighted by molar-refractivity contribution is 5.76. The minimum atomic E-state index is -1.98. The van der Waals surface area contributed by atoms with E-state index in [9.17, 15) is 61.0 Å². The highest BCUT2D eigenvalue weighted by Crippen LogP contribution is 2.33. The van der Waals surface area contributed by atoms with Crippen LogP contribution in [-0.2, 0) is 33.2 Å². The Morgan fingerprint density at radius 3 is 1.18 bits per heavy atom. The van der Waals surface area contributed by atoms with Gasteiger partial charge in [-0.3, -0.25) is 4.79 Å². The van der Waals surface area contributed by atoms with Gasteiger partial charge >= 0.3 is 0 Å². The quantitative estimate of drug-likeness (QED) is 0.0201. The lowest BCUT2D eigenvalue weighted by Crippen LogP contribution is -2.66. The summed E-state index contributed by atoms with van der Waals surface area (Å²) < 4.78 is 34.3. The molecule has 3 saturated heterocycles. The molecule has 0 bridgehead atoms. The molecule has 1 amide bonds. The minimum Gasteiger partial charge on any atom is -0.394 e. The standard InChI is InChI=1S/C66H123NO18/c1-3-5-7-9-11-13-15-17-19-21-22-23-24-25-26-28-30-32-34-36-38-40-42-44-54(72)67-49(50(71)43-41-39-37-35-33-31-29-27-20-18-16-14-12-10-8-6-4-2)48-80-64-60(78)57(75)62(52(46-69)82-64)85-66-61(79)58(76)63(53(47-70)83-66)84-65-59(77)56(74)55(73)51(45-68)81-65/h33,35,41,43,49-53,55-66,68-71,73-79H,3-32,34,36-40,42,44-48H2,1-2H3,(H,67,72)/b35-33+,43-41+. The molecule has 19 nitrogen and oxygen atoms in total. The van der Waals surface area contributed by atoms with Gasteiger partial charge in [-0.15, -0.1) is 0 Å². The molecule has 500 valence electrons. The summed E-state index contributed by atoms with van der Waals surface area (Å²) >= 11 is 0. The number of hydrogen-bond donors (Lipinski definition) is 12. The highest BCUT2D eigenvalue weighted by atomic mass is 16.8. The highest BCUT2D eigenvalue weighted by Gasteiger charge is 2.53. The second-order valence-electron chi connectivity index (χ2n) is 24.6. The molecule has 0 radical (unpaired) electrons. The monoisotopic (exact) mass is 1220 g/mol. The molecule has 0 aromatic heterocycles. The topological polar surface area (TPSA) is 307 Å². The Bertz CT molecular complexity index is 1640. The van der Waals surface area contributed by atoms with Crippen LogP contribution in [0.3, 0.4) is 0 Å². The van der Waals surface area contributed by atoms with Gasteiger partial charge in [0.2, 0.25) is 5.91 Å². The van der Waals surface area contributed by atoms with E-state index in [0.717, 1.165) is 38.5 Å². The van der Waals surface area contributed by atoms with Crippen LogP contribution in [0.25, 0.3) is 0 Å². The van der Waals surface area contributed by atoms with Crippen LogP contribution in [0.5, 0.6) is 0 Å². The fourth-order valence-electron chi connectivity index (χ4n) is 11.7. The number of carbonyl (C=O) groups excluding carboxylic acids is 1. The lowest BCUT2D eigenvalue weighted by atomic mass is 9.96. The lowest BCUT2D eigenvalue weighted by molar-refractivity contribution is -0.379. The van der Waals surface area contributed by atoms with Crippen LogP contribution >= 0.6 is 0 Å². The van der Waals surface area contributed by atoms with Crippen LogP contribution < -0.4 is 5.32 Å². The molecule has 85 heavy (non-hydrogen) atoms. The Balaban J connectivity index is 1.45. The number of aliphatic hydroxyl groups is 11. The first kappa shape index (κ1) is 77.5. The van der Waals surface area contributed by atoms with Gasteiger partial charge in [0.25, 0.3) is 0 Å². The smallest absolute Gasteiger partial charge is 0.220 e. The van der Waals surface area contributed by atoms with Gasteiger partial charge in [0, 0.05) is 6.42 Å². The molecule has 0 saturated carbocycles. The number of amides is 1. The summed E-state index contributed by atoms with van der Waals surface area (Å²) in [4.78, 5) is 13.4. The fourth-order valence-corrected chi connectivity index (χ4v) is 11.7. The van der Waals surface area contributed by atoms with E-state index in [2.05, 4.69) is 31.3 Å². The zero-order chi connectivity index (χ0) is 61.9. The van der Waals surface area contributed by atoms with E-state index < -0.39 is 124 Å². The Morgan fingerprint density at radius 1 is 0.412 bits per heavy atom. The van der Waals surface area contributed by atoms with Crippen LogP contribution in [0.15, 0.2) is 24.3 Å². The van der Waals surface area contributed by atoms with Gasteiger partial charge in [-0.05, 0) is 32.1 Å². The van der Waals surface area contributed by atoms with Crippen LogP contribution in [0.4, 0.5) is 0 Å². The van der Waals surface area contributed by atoms with Gasteiger partial charge in [0.15, 0.2) is 18.9 Å². The number of allylic oxidation sites excluding steroid dienone is 3. The van der Waals surface area contributed by atoms with Crippen molar-refractivity contribution in [2.24, 2.45) is 0 Å². The summed E-state index contributed by atoms with van der Waals surface area (Å²) in [6.45, 7) is 1.74. The number of aliphatic hydroxyl groups excluding tert-OH is 11. The molecule has 0 spiro atoms. The van der Waals surface area contributed by atoms with E-state index in [0.29, 0.717) is 12.8 Å². The Labute approximate surface area is 511 Å². The molecule has 3 aliphatic heterocycles. The van der Waals surface area contributed by atoms with E-state index in [4.69, 9.17) is 28.4 Å². The molecule has 3 aliphatic rings. The van der Waals surface area contributed by atoms with Crippen LogP contribution in [0, 0.1) is 0 Å². The zero-order valence-corrected chi connectivity index (χ0v) is 52.6. The molecular weight excluding hydrogens is 1090 g/mol. The third kappa shape index (κ3) is 31.7. The van der Waals surface area contributed by atoms with Gasteiger partial charge in [0.05, 0.1) is 38.6 Å². The average molecular weight is 1220 g/mol. The maximum Gasteiger partial charge on any atom is 0.220 e. The van der Waals surface area contributed by atoms with Crippen molar-refractivity contribution in [1.82, 2.24) is 5.32 Å². The second kappa shape index (κ2) is 49.0. The predicted molar refractivity (Wildman–Crippen MR) is 328 cm³/mol. The Morgan fingerprint density at radius 2 is 0.753 bits per heavy atom. The molecule has 12 N–H and O–H groups in total. The third-order valence-corrected chi connectivity index (χ3v) is 17.3. The minimum absolute atomic E-state index is 0.241. The van der Waals surface area contributed by atoms with Gasteiger partial charge in [-0.25, -0.2) is 0 Å². The van der Waals surface area contributed by atoms with E-state index in [1.807, 2.05) is 6.08 Å². The first-order valence-electron chi connectivity index (χ1n) is 34.1. The molecule has 0 aliphatic carbocycles. The van der Waals surface area contributed by atoms with Crippen molar-refractivity contribution >= 4 is 5.91 Å². The van der Waals surface area contributed by atoms with Gasteiger partial charge < -0.3 is 89.9 Å². The second-order valence-corrected chi connectivity index (χ2v) is 24.6. The molecule has 3 heterocycles. The molecule has 0 aromatic rings. The number of nitrogens with one attached hydrogen (secondary N) is 1. The zero-order valence-electron chi connectivity index (χ0n) is 52.6. The SMILES string of the molecule is CCCCCCCCCCCCC/C=C/CC/C=C/C(O)C(COC1OC(CO)C(OC2OC(CO)C(OC3OC(CO)C(O)C(O)C3O)C(O)C2O)C(O)C1O)NC(=O)CCCCCCCCCCCCCCCCCCCCCCCCC. The summed E-state index contributed by atoms with van der Waals surface area (Å²) in [5.41, 5.74) is 0. The molecule has 19 heteroatoms. The normalized spacial score (nSPS) is 29.1. The summed E-state index contributed by atoms with van der Waals surface area (Å²) in [6.07, 6.45) is 27.3. The van der Waals surface area contributed by atoms with Crippen LogP contribution in [0.2, 0.25) is 0 Å². The molecule has 3 fully saturated rings. The van der Waals surface area contributed by atoms with Crippen LogP contribution in [-0.4, -0.2) is 193 Å². The van der Waals surface area contributed by atoms with Crippen molar-refractivity contribution < 1.29 is 89.4 Å². The molecule has 17 unspecified atom stereocenters. The lowest BCUT2D eigenvalue weighted by Gasteiger charge is -2.48.